The largest absolute Gasteiger partial charge is 0.504 e. The van der Waals surface area contributed by atoms with Crippen molar-refractivity contribution in [2.24, 2.45) is 0 Å². The van der Waals surface area contributed by atoms with Gasteiger partial charge in [-0.3, -0.25) is 0 Å². The van der Waals surface area contributed by atoms with Crippen molar-refractivity contribution in [3.05, 3.63) is 17.2 Å². The molecule has 0 aromatic heterocycles. The van der Waals surface area contributed by atoms with E-state index in [1.807, 2.05) is 0 Å². The minimum Gasteiger partial charge on any atom is -0.504 e. The van der Waals surface area contributed by atoms with Crippen LogP contribution in [0.5, 0.6) is 11.5 Å². The molecule has 2 aliphatic heterocycles. The zero-order chi connectivity index (χ0) is 10.4. The third-order valence-electron chi connectivity index (χ3n) is 3.47. The van der Waals surface area contributed by atoms with Crippen molar-refractivity contribution in [2.45, 2.75) is 25.7 Å². The quantitative estimate of drug-likeness (QED) is 0.635. The molecule has 0 saturated heterocycles. The molecule has 3 heteroatoms. The molecule has 3 nitrogen and oxygen atoms in total. The van der Waals surface area contributed by atoms with Crippen LogP contribution in [0.1, 0.15) is 24.0 Å². The summed E-state index contributed by atoms with van der Waals surface area (Å²) in [5.41, 5.74) is 3.35. The summed E-state index contributed by atoms with van der Waals surface area (Å²) in [6.07, 6.45) is 4.13. The molecule has 0 saturated carbocycles. The Bertz CT molecular complexity index is 413. The van der Waals surface area contributed by atoms with Crippen LogP contribution < -0.4 is 4.90 Å². The van der Waals surface area contributed by atoms with Crippen LogP contribution in [0.3, 0.4) is 0 Å². The Morgan fingerprint density at radius 1 is 1.07 bits per heavy atom. The van der Waals surface area contributed by atoms with Crippen LogP contribution >= 0.6 is 0 Å². The maximum atomic E-state index is 9.83. The van der Waals surface area contributed by atoms with E-state index in [1.54, 1.807) is 6.07 Å². The van der Waals surface area contributed by atoms with Crippen molar-refractivity contribution in [1.82, 2.24) is 0 Å². The Kier molecular flexibility index (Phi) is 1.81. The van der Waals surface area contributed by atoms with Gasteiger partial charge < -0.3 is 15.1 Å². The fraction of sp³-hybridized carbons (Fsp3) is 0.500. The first kappa shape index (κ1) is 8.89. The number of rotatable bonds is 0. The van der Waals surface area contributed by atoms with E-state index in [9.17, 15) is 10.2 Å². The highest BCUT2D eigenvalue weighted by molar-refractivity contribution is 5.70. The van der Waals surface area contributed by atoms with E-state index in [0.717, 1.165) is 44.3 Å². The molecule has 2 N–H and O–H groups in total. The fourth-order valence-electron chi connectivity index (χ4n) is 2.83. The predicted octanol–water partition coefficient (Wildman–Crippen LogP) is 1.80. The normalized spacial score (nSPS) is 18.8. The SMILES string of the molecule is Oc1cc2c3c(c1O)CCCN3CCC2. The Morgan fingerprint density at radius 2 is 1.80 bits per heavy atom. The van der Waals surface area contributed by atoms with Crippen LogP contribution in [0.25, 0.3) is 0 Å². The topological polar surface area (TPSA) is 43.7 Å². The minimum absolute atomic E-state index is 0.0486. The van der Waals surface area contributed by atoms with Crippen LogP contribution in [-0.4, -0.2) is 23.3 Å². The van der Waals surface area contributed by atoms with E-state index in [4.69, 9.17) is 0 Å². The molecule has 0 radical (unpaired) electrons. The van der Waals surface area contributed by atoms with E-state index in [2.05, 4.69) is 4.90 Å². The van der Waals surface area contributed by atoms with Crippen molar-refractivity contribution in [2.75, 3.05) is 18.0 Å². The lowest BCUT2D eigenvalue weighted by atomic mass is 9.91. The van der Waals surface area contributed by atoms with Gasteiger partial charge in [0.15, 0.2) is 11.5 Å². The highest BCUT2D eigenvalue weighted by Gasteiger charge is 2.27. The molecule has 0 amide bonds. The number of phenolic OH excluding ortho intramolecular Hbond substituents is 2. The van der Waals surface area contributed by atoms with Crippen LogP contribution in [0, 0.1) is 0 Å². The zero-order valence-corrected chi connectivity index (χ0v) is 8.66. The summed E-state index contributed by atoms with van der Waals surface area (Å²) in [7, 11) is 0. The fourth-order valence-corrected chi connectivity index (χ4v) is 2.83. The number of anilines is 1. The molecule has 0 atom stereocenters. The highest BCUT2D eigenvalue weighted by Crippen LogP contribution is 2.44. The molecular weight excluding hydrogens is 190 g/mol. The van der Waals surface area contributed by atoms with E-state index >= 15 is 0 Å². The second kappa shape index (κ2) is 3.05. The predicted molar refractivity (Wildman–Crippen MR) is 58.6 cm³/mol. The van der Waals surface area contributed by atoms with Crippen molar-refractivity contribution >= 4 is 5.69 Å². The van der Waals surface area contributed by atoms with Crippen molar-refractivity contribution < 1.29 is 10.2 Å². The molecule has 1 aromatic rings. The van der Waals surface area contributed by atoms with E-state index in [-0.39, 0.29) is 11.5 Å². The summed E-state index contributed by atoms with van der Waals surface area (Å²) in [5.74, 6) is 0.146. The van der Waals surface area contributed by atoms with Gasteiger partial charge in [0.25, 0.3) is 0 Å². The maximum Gasteiger partial charge on any atom is 0.162 e. The summed E-state index contributed by atoms with van der Waals surface area (Å²) in [5, 5.41) is 19.5. The molecule has 0 aliphatic carbocycles. The van der Waals surface area contributed by atoms with Crippen LogP contribution in [0.2, 0.25) is 0 Å². The summed E-state index contributed by atoms with van der Waals surface area (Å²) in [6.45, 7) is 2.18. The Hall–Kier alpha value is -1.38. The standard InChI is InChI=1S/C12H15NO2/c14-10-7-8-3-1-5-13-6-2-4-9(11(8)13)12(10)15/h7,14-15H,1-6H2. The number of hydrogen-bond acceptors (Lipinski definition) is 3. The Balaban J connectivity index is 2.25. The lowest BCUT2D eigenvalue weighted by Gasteiger charge is -2.37. The van der Waals surface area contributed by atoms with Crippen LogP contribution in [0.15, 0.2) is 6.07 Å². The van der Waals surface area contributed by atoms with Gasteiger partial charge in [-0.25, -0.2) is 0 Å². The van der Waals surface area contributed by atoms with Crippen LogP contribution in [-0.2, 0) is 12.8 Å². The van der Waals surface area contributed by atoms with Gasteiger partial charge in [0.05, 0.1) is 0 Å². The summed E-state index contributed by atoms with van der Waals surface area (Å²) in [6, 6.07) is 1.73. The van der Waals surface area contributed by atoms with Gasteiger partial charge in [-0.2, -0.15) is 0 Å². The number of aromatic hydroxyl groups is 2. The first-order valence-corrected chi connectivity index (χ1v) is 5.59. The number of aryl methyl sites for hydroxylation is 1. The Labute approximate surface area is 89.0 Å². The van der Waals surface area contributed by atoms with E-state index in [1.165, 1.54) is 11.3 Å². The number of nitrogens with zero attached hydrogens (tertiary/aromatic N) is 1. The molecule has 1 aromatic carbocycles. The summed E-state index contributed by atoms with van der Waals surface area (Å²) in [4.78, 5) is 2.34. The minimum atomic E-state index is 0.0486. The molecule has 2 heterocycles. The smallest absolute Gasteiger partial charge is 0.162 e. The van der Waals surface area contributed by atoms with Gasteiger partial charge in [0, 0.05) is 24.3 Å². The molecule has 2 aliphatic rings. The third-order valence-corrected chi connectivity index (χ3v) is 3.47. The lowest BCUT2D eigenvalue weighted by Crippen LogP contribution is -2.34. The Morgan fingerprint density at radius 3 is 2.60 bits per heavy atom. The van der Waals surface area contributed by atoms with Gasteiger partial charge >= 0.3 is 0 Å². The first-order valence-electron chi connectivity index (χ1n) is 5.59. The van der Waals surface area contributed by atoms with Gasteiger partial charge in [0.2, 0.25) is 0 Å². The highest BCUT2D eigenvalue weighted by atomic mass is 16.3. The monoisotopic (exact) mass is 205 g/mol. The number of benzene rings is 1. The molecule has 0 spiro atoms. The molecular formula is C12H15NO2. The van der Waals surface area contributed by atoms with E-state index in [0.29, 0.717) is 0 Å². The average molecular weight is 205 g/mol. The molecule has 80 valence electrons. The second-order valence-corrected chi connectivity index (χ2v) is 4.42. The lowest BCUT2D eigenvalue weighted by molar-refractivity contribution is 0.396. The zero-order valence-electron chi connectivity index (χ0n) is 8.66. The summed E-state index contributed by atoms with van der Waals surface area (Å²) >= 11 is 0. The van der Waals surface area contributed by atoms with Crippen molar-refractivity contribution in [1.29, 1.82) is 0 Å². The maximum absolute atomic E-state index is 9.83. The van der Waals surface area contributed by atoms with Gasteiger partial charge in [-0.1, -0.05) is 0 Å². The average Bonchev–Trinajstić information content (AvgIpc) is 2.26. The summed E-state index contributed by atoms with van der Waals surface area (Å²) < 4.78 is 0. The van der Waals surface area contributed by atoms with Gasteiger partial charge in [-0.15, -0.1) is 0 Å². The van der Waals surface area contributed by atoms with Crippen LogP contribution in [0.4, 0.5) is 5.69 Å². The molecule has 15 heavy (non-hydrogen) atoms. The van der Waals surface area contributed by atoms with Crippen molar-refractivity contribution in [3.63, 3.8) is 0 Å². The molecule has 0 bridgehead atoms. The van der Waals surface area contributed by atoms with Gasteiger partial charge in [-0.05, 0) is 37.3 Å². The molecule has 3 rings (SSSR count). The molecule has 0 unspecified atom stereocenters. The number of hydrogen-bond donors (Lipinski definition) is 2. The second-order valence-electron chi connectivity index (χ2n) is 4.42. The van der Waals surface area contributed by atoms with Crippen molar-refractivity contribution in [3.8, 4) is 11.5 Å². The van der Waals surface area contributed by atoms with E-state index < -0.39 is 0 Å². The van der Waals surface area contributed by atoms with Gasteiger partial charge in [0.1, 0.15) is 0 Å². The number of phenols is 2. The third kappa shape index (κ3) is 1.19. The molecule has 0 fully saturated rings. The first-order chi connectivity index (χ1) is 7.27.